The molecule has 0 saturated carbocycles. The smallest absolute Gasteiger partial charge is 0.276 e. The van der Waals surface area contributed by atoms with Gasteiger partial charge in [-0.3, -0.25) is 9.48 Å². The van der Waals surface area contributed by atoms with Crippen molar-refractivity contribution >= 4 is 11.6 Å². The second kappa shape index (κ2) is 6.16. The average molecular weight is 313 g/mol. The van der Waals surface area contributed by atoms with Crippen molar-refractivity contribution in [3.05, 3.63) is 46.3 Å². The molecular weight excluding hydrogens is 290 g/mol. The maximum Gasteiger partial charge on any atom is 0.276 e. The van der Waals surface area contributed by atoms with Crippen LogP contribution in [-0.2, 0) is 17.8 Å². The normalized spacial score (nSPS) is 14.0. The Labute approximate surface area is 136 Å². The van der Waals surface area contributed by atoms with E-state index in [1.807, 2.05) is 30.7 Å². The lowest BCUT2D eigenvalue weighted by molar-refractivity contribution is 0.0983. The third kappa shape index (κ3) is 3.01. The molecule has 0 aliphatic carbocycles. The van der Waals surface area contributed by atoms with Crippen LogP contribution in [0.15, 0.2) is 18.2 Å². The third-order valence-electron chi connectivity index (χ3n) is 4.18. The fourth-order valence-electron chi connectivity index (χ4n) is 3.01. The van der Waals surface area contributed by atoms with Gasteiger partial charge in [-0.25, -0.2) is 0 Å². The van der Waals surface area contributed by atoms with Crippen molar-refractivity contribution in [1.82, 2.24) is 9.78 Å². The summed E-state index contributed by atoms with van der Waals surface area (Å²) in [5.74, 6) is -0.168. The lowest BCUT2D eigenvalue weighted by atomic mass is 10.1. The zero-order chi connectivity index (χ0) is 16.6. The number of nitrogens with one attached hydrogen (secondary N) is 1. The van der Waals surface area contributed by atoms with Crippen molar-refractivity contribution < 1.29 is 9.53 Å². The van der Waals surface area contributed by atoms with Crippen LogP contribution in [-0.4, -0.2) is 22.3 Å². The highest BCUT2D eigenvalue weighted by atomic mass is 16.5. The van der Waals surface area contributed by atoms with Gasteiger partial charge in [-0.05, 0) is 39.3 Å². The summed E-state index contributed by atoms with van der Waals surface area (Å²) < 4.78 is 7.49. The standard InChI is InChI=1S/C18H23N3O2/c1-11(2)21-16-7-8-23-10-14(16)17(20-21)18(22)19-15-6-5-12(3)9-13(15)4/h5-6,9,11H,7-8,10H2,1-4H3,(H,19,22). The molecule has 0 bridgehead atoms. The van der Waals surface area contributed by atoms with Gasteiger partial charge in [0.2, 0.25) is 0 Å². The molecule has 23 heavy (non-hydrogen) atoms. The van der Waals surface area contributed by atoms with E-state index in [4.69, 9.17) is 4.74 Å². The van der Waals surface area contributed by atoms with Crippen LogP contribution in [0.2, 0.25) is 0 Å². The number of anilines is 1. The van der Waals surface area contributed by atoms with Crippen molar-refractivity contribution in [2.45, 2.75) is 46.8 Å². The van der Waals surface area contributed by atoms with Crippen molar-refractivity contribution in [3.8, 4) is 0 Å². The van der Waals surface area contributed by atoms with E-state index in [0.717, 1.165) is 28.9 Å². The Morgan fingerprint density at radius 1 is 1.35 bits per heavy atom. The fraction of sp³-hybridized carbons (Fsp3) is 0.444. The number of amides is 1. The van der Waals surface area contributed by atoms with Crippen LogP contribution >= 0.6 is 0 Å². The van der Waals surface area contributed by atoms with Gasteiger partial charge in [0.05, 0.1) is 13.2 Å². The summed E-state index contributed by atoms with van der Waals surface area (Å²) in [7, 11) is 0. The molecule has 1 aromatic heterocycles. The Hall–Kier alpha value is -2.14. The predicted octanol–water partition coefficient (Wildman–Crippen LogP) is 3.41. The number of hydrogen-bond acceptors (Lipinski definition) is 3. The number of fused-ring (bicyclic) bond motifs is 1. The minimum absolute atomic E-state index is 0.168. The highest BCUT2D eigenvalue weighted by Crippen LogP contribution is 2.25. The van der Waals surface area contributed by atoms with E-state index in [9.17, 15) is 4.79 Å². The Bertz CT molecular complexity index is 747. The average Bonchev–Trinajstić information content (AvgIpc) is 2.90. The van der Waals surface area contributed by atoms with Gasteiger partial charge in [0, 0.05) is 29.4 Å². The minimum atomic E-state index is -0.168. The summed E-state index contributed by atoms with van der Waals surface area (Å²) in [4.78, 5) is 12.7. The van der Waals surface area contributed by atoms with Crippen molar-refractivity contribution in [2.75, 3.05) is 11.9 Å². The number of carbonyl (C=O) groups is 1. The van der Waals surface area contributed by atoms with Gasteiger partial charge >= 0.3 is 0 Å². The molecule has 0 spiro atoms. The molecular formula is C18H23N3O2. The molecule has 1 aromatic carbocycles. The molecule has 2 aromatic rings. The van der Waals surface area contributed by atoms with Crippen molar-refractivity contribution in [3.63, 3.8) is 0 Å². The second-order valence-electron chi connectivity index (χ2n) is 6.39. The Balaban J connectivity index is 1.93. The fourth-order valence-corrected chi connectivity index (χ4v) is 3.01. The maximum atomic E-state index is 12.7. The zero-order valence-corrected chi connectivity index (χ0v) is 14.1. The van der Waals surface area contributed by atoms with E-state index in [1.54, 1.807) is 0 Å². The first-order chi connectivity index (χ1) is 11.0. The molecule has 1 aliphatic rings. The minimum Gasteiger partial charge on any atom is -0.376 e. The highest BCUT2D eigenvalue weighted by Gasteiger charge is 2.26. The SMILES string of the molecule is Cc1ccc(NC(=O)c2nn(C(C)C)c3c2COCC3)c(C)c1. The molecule has 0 fully saturated rings. The topological polar surface area (TPSA) is 56.2 Å². The third-order valence-corrected chi connectivity index (χ3v) is 4.18. The molecule has 5 nitrogen and oxygen atoms in total. The number of benzene rings is 1. The lowest BCUT2D eigenvalue weighted by Gasteiger charge is -2.16. The Morgan fingerprint density at radius 3 is 2.83 bits per heavy atom. The molecule has 0 saturated heterocycles. The van der Waals surface area contributed by atoms with Gasteiger partial charge in [0.25, 0.3) is 5.91 Å². The molecule has 1 amide bonds. The largest absolute Gasteiger partial charge is 0.376 e. The van der Waals surface area contributed by atoms with E-state index in [2.05, 4.69) is 30.3 Å². The molecule has 0 atom stereocenters. The molecule has 0 radical (unpaired) electrons. The molecule has 2 heterocycles. The van der Waals surface area contributed by atoms with Gasteiger partial charge < -0.3 is 10.1 Å². The van der Waals surface area contributed by atoms with Crippen LogP contribution < -0.4 is 5.32 Å². The van der Waals surface area contributed by atoms with Crippen LogP contribution in [0.5, 0.6) is 0 Å². The van der Waals surface area contributed by atoms with Crippen molar-refractivity contribution in [2.24, 2.45) is 0 Å². The van der Waals surface area contributed by atoms with Crippen LogP contribution in [0.3, 0.4) is 0 Å². The van der Waals surface area contributed by atoms with Crippen LogP contribution in [0.25, 0.3) is 0 Å². The van der Waals surface area contributed by atoms with Gasteiger partial charge in [-0.1, -0.05) is 17.7 Å². The first-order valence-electron chi connectivity index (χ1n) is 8.04. The van der Waals surface area contributed by atoms with Gasteiger partial charge in [-0.2, -0.15) is 5.10 Å². The predicted molar refractivity (Wildman–Crippen MR) is 89.8 cm³/mol. The number of nitrogens with zero attached hydrogens (tertiary/aromatic N) is 2. The van der Waals surface area contributed by atoms with E-state index < -0.39 is 0 Å². The Kier molecular flexibility index (Phi) is 4.22. The van der Waals surface area contributed by atoms with E-state index in [1.165, 1.54) is 5.56 Å². The van der Waals surface area contributed by atoms with Crippen LogP contribution in [0.1, 0.15) is 52.8 Å². The zero-order valence-electron chi connectivity index (χ0n) is 14.1. The summed E-state index contributed by atoms with van der Waals surface area (Å²) >= 11 is 0. The summed E-state index contributed by atoms with van der Waals surface area (Å²) in [5.41, 5.74) is 5.57. The van der Waals surface area contributed by atoms with Gasteiger partial charge in [0.15, 0.2) is 5.69 Å². The van der Waals surface area contributed by atoms with Gasteiger partial charge in [0.1, 0.15) is 0 Å². The van der Waals surface area contributed by atoms with E-state index >= 15 is 0 Å². The summed E-state index contributed by atoms with van der Waals surface area (Å²) in [6.45, 7) is 9.33. The second-order valence-corrected chi connectivity index (χ2v) is 6.39. The molecule has 5 heteroatoms. The monoisotopic (exact) mass is 313 g/mol. The molecule has 0 unspecified atom stereocenters. The highest BCUT2D eigenvalue weighted by molar-refractivity contribution is 6.04. The number of aryl methyl sites for hydroxylation is 2. The number of aromatic nitrogens is 2. The molecule has 1 N–H and O–H groups in total. The number of ether oxygens (including phenoxy) is 1. The maximum absolute atomic E-state index is 12.7. The van der Waals surface area contributed by atoms with E-state index in [0.29, 0.717) is 18.9 Å². The first kappa shape index (κ1) is 15.7. The number of rotatable bonds is 3. The van der Waals surface area contributed by atoms with E-state index in [-0.39, 0.29) is 11.9 Å². The van der Waals surface area contributed by atoms with Gasteiger partial charge in [-0.15, -0.1) is 0 Å². The lowest BCUT2D eigenvalue weighted by Crippen LogP contribution is -2.17. The summed E-state index contributed by atoms with van der Waals surface area (Å²) in [6, 6.07) is 6.21. The Morgan fingerprint density at radius 2 is 2.13 bits per heavy atom. The first-order valence-corrected chi connectivity index (χ1v) is 8.04. The summed E-state index contributed by atoms with van der Waals surface area (Å²) in [5, 5.41) is 7.55. The van der Waals surface area contributed by atoms with Crippen molar-refractivity contribution in [1.29, 1.82) is 0 Å². The number of hydrogen-bond donors (Lipinski definition) is 1. The molecule has 1 aliphatic heterocycles. The van der Waals surface area contributed by atoms with Crippen LogP contribution in [0, 0.1) is 13.8 Å². The molecule has 3 rings (SSSR count). The van der Waals surface area contributed by atoms with Crippen LogP contribution in [0.4, 0.5) is 5.69 Å². The summed E-state index contributed by atoms with van der Waals surface area (Å²) in [6.07, 6.45) is 0.803. The number of carbonyl (C=O) groups excluding carboxylic acids is 1. The quantitative estimate of drug-likeness (QED) is 0.945. The molecule has 122 valence electrons.